The Balaban J connectivity index is 2.29. The van der Waals surface area contributed by atoms with Crippen LogP contribution in [0.15, 0.2) is 0 Å². The second-order valence-electron chi connectivity index (χ2n) is 6.55. The second kappa shape index (κ2) is 9.11. The second-order valence-corrected chi connectivity index (χ2v) is 8.88. The molecule has 126 valence electrons. The average molecular weight is 319 g/mol. The fourth-order valence-corrected chi connectivity index (χ4v) is 4.51. The topological polar surface area (TPSA) is 49.4 Å². The summed E-state index contributed by atoms with van der Waals surface area (Å²) in [6.07, 6.45) is 7.53. The van der Waals surface area contributed by atoms with Crippen LogP contribution in [0.5, 0.6) is 0 Å². The zero-order valence-corrected chi connectivity index (χ0v) is 15.1. The predicted molar refractivity (Wildman–Crippen MR) is 90.5 cm³/mol. The van der Waals surface area contributed by atoms with Crippen LogP contribution in [0.25, 0.3) is 0 Å². The van der Waals surface area contributed by atoms with E-state index in [2.05, 4.69) is 31.0 Å². The van der Waals surface area contributed by atoms with Crippen LogP contribution in [-0.4, -0.2) is 56.5 Å². The molecule has 0 aromatic heterocycles. The van der Waals surface area contributed by atoms with Gasteiger partial charge >= 0.3 is 0 Å². The van der Waals surface area contributed by atoms with Gasteiger partial charge in [-0.2, -0.15) is 0 Å². The first-order valence-electron chi connectivity index (χ1n) is 8.54. The first-order chi connectivity index (χ1) is 9.86. The molecule has 0 saturated heterocycles. The Hall–Kier alpha value is -0.130. The third kappa shape index (κ3) is 7.11. The molecule has 0 radical (unpaired) electrons. The van der Waals surface area contributed by atoms with Crippen molar-refractivity contribution in [3.05, 3.63) is 0 Å². The largest absolute Gasteiger partial charge is 0.311 e. The minimum Gasteiger partial charge on any atom is -0.311 e. The maximum absolute atomic E-state index is 11.7. The van der Waals surface area contributed by atoms with E-state index in [1.165, 1.54) is 12.7 Å². The van der Waals surface area contributed by atoms with Gasteiger partial charge in [-0.1, -0.05) is 20.3 Å². The molecule has 0 aromatic rings. The molecule has 3 atom stereocenters. The molecule has 5 heteroatoms. The standard InChI is InChI=1S/C16H34N2O2S/c1-5-18(6-2)12-8-9-14(3)17-15-10-7-11-16(13-15)21(4,19)20/h14-17H,5-13H2,1-4H3. The quantitative estimate of drug-likeness (QED) is 0.709. The average Bonchev–Trinajstić information content (AvgIpc) is 2.43. The summed E-state index contributed by atoms with van der Waals surface area (Å²) in [5.74, 6) is 0. The van der Waals surface area contributed by atoms with E-state index in [1.807, 2.05) is 0 Å². The van der Waals surface area contributed by atoms with Gasteiger partial charge in [-0.25, -0.2) is 8.42 Å². The van der Waals surface area contributed by atoms with E-state index >= 15 is 0 Å². The molecule has 3 unspecified atom stereocenters. The molecule has 1 aliphatic carbocycles. The zero-order valence-electron chi connectivity index (χ0n) is 14.3. The Bertz CT molecular complexity index is 380. The molecule has 4 nitrogen and oxygen atoms in total. The summed E-state index contributed by atoms with van der Waals surface area (Å²) in [5, 5.41) is 3.51. The van der Waals surface area contributed by atoms with Crippen LogP contribution in [0.3, 0.4) is 0 Å². The summed E-state index contributed by atoms with van der Waals surface area (Å²) >= 11 is 0. The van der Waals surface area contributed by atoms with Gasteiger partial charge in [0.15, 0.2) is 0 Å². The summed E-state index contributed by atoms with van der Waals surface area (Å²) in [6, 6.07) is 0.853. The lowest BCUT2D eigenvalue weighted by atomic mass is 9.94. The summed E-state index contributed by atoms with van der Waals surface area (Å²) in [7, 11) is -2.88. The van der Waals surface area contributed by atoms with Gasteiger partial charge in [-0.3, -0.25) is 0 Å². The van der Waals surface area contributed by atoms with Crippen molar-refractivity contribution in [3.63, 3.8) is 0 Å². The molecule has 0 amide bonds. The highest BCUT2D eigenvalue weighted by Crippen LogP contribution is 2.24. The van der Waals surface area contributed by atoms with Crippen molar-refractivity contribution in [2.45, 2.75) is 76.6 Å². The van der Waals surface area contributed by atoms with E-state index < -0.39 is 9.84 Å². The molecule has 1 fully saturated rings. The minimum absolute atomic E-state index is 0.133. The monoisotopic (exact) mass is 318 g/mol. The van der Waals surface area contributed by atoms with Crippen LogP contribution in [0.4, 0.5) is 0 Å². The summed E-state index contributed by atoms with van der Waals surface area (Å²) in [5.41, 5.74) is 0. The van der Waals surface area contributed by atoms with Crippen molar-refractivity contribution in [1.82, 2.24) is 10.2 Å². The molecule has 1 aliphatic rings. The Morgan fingerprint density at radius 3 is 2.48 bits per heavy atom. The van der Waals surface area contributed by atoms with Crippen molar-refractivity contribution in [2.75, 3.05) is 25.9 Å². The van der Waals surface area contributed by atoms with Crippen molar-refractivity contribution in [3.8, 4) is 0 Å². The Morgan fingerprint density at radius 2 is 1.90 bits per heavy atom. The van der Waals surface area contributed by atoms with E-state index in [9.17, 15) is 8.42 Å². The molecular formula is C16H34N2O2S. The highest BCUT2D eigenvalue weighted by molar-refractivity contribution is 7.91. The van der Waals surface area contributed by atoms with Gasteiger partial charge in [0.25, 0.3) is 0 Å². The van der Waals surface area contributed by atoms with Gasteiger partial charge < -0.3 is 10.2 Å². The van der Waals surface area contributed by atoms with E-state index in [-0.39, 0.29) is 5.25 Å². The maximum atomic E-state index is 11.7. The predicted octanol–water partition coefficient (Wildman–Crippen LogP) is 2.44. The molecular weight excluding hydrogens is 284 g/mol. The Kier molecular flexibility index (Phi) is 8.21. The van der Waals surface area contributed by atoms with Crippen LogP contribution < -0.4 is 5.32 Å². The van der Waals surface area contributed by atoms with Gasteiger partial charge in [0.05, 0.1) is 5.25 Å². The summed E-state index contributed by atoms with van der Waals surface area (Å²) in [6.45, 7) is 10.0. The van der Waals surface area contributed by atoms with Crippen LogP contribution in [0.1, 0.15) is 59.3 Å². The lowest BCUT2D eigenvalue weighted by Crippen LogP contribution is -2.43. The molecule has 1 saturated carbocycles. The van der Waals surface area contributed by atoms with Crippen molar-refractivity contribution in [2.24, 2.45) is 0 Å². The van der Waals surface area contributed by atoms with Crippen LogP contribution >= 0.6 is 0 Å². The van der Waals surface area contributed by atoms with Gasteiger partial charge in [0.2, 0.25) is 0 Å². The molecule has 0 bridgehead atoms. The Labute approximate surface area is 131 Å². The fraction of sp³-hybridized carbons (Fsp3) is 1.00. The van der Waals surface area contributed by atoms with Gasteiger partial charge in [0.1, 0.15) is 9.84 Å². The molecule has 1 N–H and O–H groups in total. The molecule has 0 heterocycles. The lowest BCUT2D eigenvalue weighted by Gasteiger charge is -2.31. The third-order valence-corrected chi connectivity index (χ3v) is 6.40. The van der Waals surface area contributed by atoms with Crippen LogP contribution in [-0.2, 0) is 9.84 Å². The lowest BCUT2D eigenvalue weighted by molar-refractivity contribution is 0.281. The van der Waals surface area contributed by atoms with Crippen molar-refractivity contribution >= 4 is 9.84 Å². The van der Waals surface area contributed by atoms with Crippen LogP contribution in [0.2, 0.25) is 0 Å². The molecule has 0 spiro atoms. The SMILES string of the molecule is CCN(CC)CCCC(C)NC1CCCC(S(C)(=O)=O)C1. The first-order valence-corrected chi connectivity index (χ1v) is 10.5. The summed E-state index contributed by atoms with van der Waals surface area (Å²) in [4.78, 5) is 2.45. The molecule has 21 heavy (non-hydrogen) atoms. The molecule has 1 rings (SSSR count). The Morgan fingerprint density at radius 1 is 1.24 bits per heavy atom. The number of nitrogens with one attached hydrogen (secondary N) is 1. The molecule has 0 aromatic carbocycles. The van der Waals surface area contributed by atoms with E-state index in [1.54, 1.807) is 0 Å². The van der Waals surface area contributed by atoms with E-state index in [0.29, 0.717) is 12.1 Å². The van der Waals surface area contributed by atoms with Crippen LogP contribution in [0, 0.1) is 0 Å². The molecule has 0 aliphatic heterocycles. The number of sulfone groups is 1. The first kappa shape index (κ1) is 18.9. The number of hydrogen-bond donors (Lipinski definition) is 1. The number of nitrogens with zero attached hydrogens (tertiary/aromatic N) is 1. The van der Waals surface area contributed by atoms with Crippen molar-refractivity contribution in [1.29, 1.82) is 0 Å². The highest BCUT2D eigenvalue weighted by Gasteiger charge is 2.29. The van der Waals surface area contributed by atoms with Crippen molar-refractivity contribution < 1.29 is 8.42 Å². The minimum atomic E-state index is -2.88. The number of rotatable bonds is 9. The summed E-state index contributed by atoms with van der Waals surface area (Å²) < 4.78 is 23.4. The van der Waals surface area contributed by atoms with E-state index in [0.717, 1.165) is 51.7 Å². The van der Waals surface area contributed by atoms with Gasteiger partial charge in [-0.05, 0) is 58.7 Å². The fourth-order valence-electron chi connectivity index (χ4n) is 3.33. The van der Waals surface area contributed by atoms with Gasteiger partial charge in [0, 0.05) is 18.3 Å². The highest BCUT2D eigenvalue weighted by atomic mass is 32.2. The zero-order chi connectivity index (χ0) is 15.9. The number of hydrogen-bond acceptors (Lipinski definition) is 4. The van der Waals surface area contributed by atoms with E-state index in [4.69, 9.17) is 0 Å². The normalized spacial score (nSPS) is 25.2. The van der Waals surface area contributed by atoms with Gasteiger partial charge in [-0.15, -0.1) is 0 Å². The third-order valence-electron chi connectivity index (χ3n) is 4.76. The maximum Gasteiger partial charge on any atom is 0.150 e. The smallest absolute Gasteiger partial charge is 0.150 e.